The number of rotatable bonds is 5. The third kappa shape index (κ3) is 4.87. The third-order valence-corrected chi connectivity index (χ3v) is 4.58. The van der Waals surface area contributed by atoms with Crippen LogP contribution in [-0.4, -0.2) is 50.5 Å². The van der Waals surface area contributed by atoms with E-state index >= 15 is 0 Å². The number of ether oxygens (including phenoxy) is 1. The second-order valence-electron chi connectivity index (χ2n) is 5.69. The van der Waals surface area contributed by atoms with Crippen molar-refractivity contribution in [3.8, 4) is 0 Å². The molecule has 0 aromatic carbocycles. The summed E-state index contributed by atoms with van der Waals surface area (Å²) in [5.41, 5.74) is 0. The van der Waals surface area contributed by atoms with Gasteiger partial charge in [-0.25, -0.2) is 0 Å². The minimum absolute atomic E-state index is 0.0937. The largest absolute Gasteiger partial charge is 0.390 e. The van der Waals surface area contributed by atoms with E-state index < -0.39 is 25.8 Å². The lowest BCUT2D eigenvalue weighted by Crippen LogP contribution is -2.52. The molecular formula is C12H24BO5P. The fourth-order valence-corrected chi connectivity index (χ4v) is 3.69. The summed E-state index contributed by atoms with van der Waals surface area (Å²) in [4.78, 5) is 0. The summed E-state index contributed by atoms with van der Waals surface area (Å²) in [7, 11) is 2.52. The van der Waals surface area contributed by atoms with Crippen LogP contribution in [-0.2, 0) is 18.3 Å². The highest BCUT2D eigenvalue weighted by atomic mass is 31.2. The van der Waals surface area contributed by atoms with Gasteiger partial charge in [0, 0.05) is 18.6 Å². The van der Waals surface area contributed by atoms with E-state index in [1.807, 2.05) is 13.8 Å². The molecule has 2 radical (unpaired) electrons. The van der Waals surface area contributed by atoms with Crippen LogP contribution in [0, 0.1) is 11.8 Å². The molecule has 1 aliphatic heterocycles. The SMILES string of the molecule is [B]C1OCC(C(C)C)C(O)C1OP(C)(=O)OC(C)C. The molecular weight excluding hydrogens is 266 g/mol. The first-order chi connectivity index (χ1) is 8.64. The Morgan fingerprint density at radius 3 is 2.42 bits per heavy atom. The molecule has 0 spiro atoms. The van der Waals surface area contributed by atoms with Crippen LogP contribution >= 0.6 is 7.60 Å². The zero-order valence-electron chi connectivity index (χ0n) is 12.3. The molecule has 5 nitrogen and oxygen atoms in total. The van der Waals surface area contributed by atoms with E-state index in [4.69, 9.17) is 21.6 Å². The van der Waals surface area contributed by atoms with Crippen LogP contribution in [0.5, 0.6) is 0 Å². The Morgan fingerprint density at radius 1 is 1.37 bits per heavy atom. The van der Waals surface area contributed by atoms with Crippen LogP contribution in [0.1, 0.15) is 27.7 Å². The molecule has 5 unspecified atom stereocenters. The highest BCUT2D eigenvalue weighted by molar-refractivity contribution is 7.53. The zero-order valence-corrected chi connectivity index (χ0v) is 13.2. The summed E-state index contributed by atoms with van der Waals surface area (Å²) in [6, 6.07) is -0.797. The van der Waals surface area contributed by atoms with E-state index in [1.165, 1.54) is 6.66 Å². The smallest absolute Gasteiger partial charge is 0.328 e. The molecule has 110 valence electrons. The Hall–Kier alpha value is 0.135. The predicted octanol–water partition coefficient (Wildman–Crippen LogP) is 1.78. The summed E-state index contributed by atoms with van der Waals surface area (Å²) in [5, 5.41) is 10.3. The summed E-state index contributed by atoms with van der Waals surface area (Å²) >= 11 is 0. The van der Waals surface area contributed by atoms with E-state index in [2.05, 4.69) is 0 Å². The Labute approximate surface area is 116 Å². The van der Waals surface area contributed by atoms with Crippen molar-refractivity contribution in [3.63, 3.8) is 0 Å². The van der Waals surface area contributed by atoms with Crippen LogP contribution in [0.3, 0.4) is 0 Å². The van der Waals surface area contributed by atoms with E-state index in [9.17, 15) is 9.67 Å². The normalized spacial score (nSPS) is 35.6. The highest BCUT2D eigenvalue weighted by Crippen LogP contribution is 2.48. The maximum absolute atomic E-state index is 12.2. The predicted molar refractivity (Wildman–Crippen MR) is 74.5 cm³/mol. The lowest BCUT2D eigenvalue weighted by Gasteiger charge is -2.41. The van der Waals surface area contributed by atoms with Crippen molar-refractivity contribution >= 4 is 15.4 Å². The molecule has 19 heavy (non-hydrogen) atoms. The molecule has 1 heterocycles. The maximum Gasteiger partial charge on any atom is 0.328 e. The van der Waals surface area contributed by atoms with E-state index in [1.54, 1.807) is 13.8 Å². The van der Waals surface area contributed by atoms with Crippen LogP contribution < -0.4 is 0 Å². The van der Waals surface area contributed by atoms with Crippen molar-refractivity contribution in [2.24, 2.45) is 11.8 Å². The van der Waals surface area contributed by atoms with Gasteiger partial charge in [-0.3, -0.25) is 4.57 Å². The standard InChI is InChI=1S/C12H24BO5P/c1-7(2)9-6-16-12(13)11(10(9)14)18-19(5,15)17-8(3)4/h7-12,14H,6H2,1-5H3. The molecule has 0 aromatic heterocycles. The number of hydrogen-bond donors (Lipinski definition) is 1. The van der Waals surface area contributed by atoms with Crippen molar-refractivity contribution in [3.05, 3.63) is 0 Å². The van der Waals surface area contributed by atoms with Gasteiger partial charge in [0.1, 0.15) is 14.0 Å². The van der Waals surface area contributed by atoms with E-state index in [-0.39, 0.29) is 17.9 Å². The summed E-state index contributed by atoms with van der Waals surface area (Å²) in [5.74, 6) is 0.125. The molecule has 1 N–H and O–H groups in total. The Bertz CT molecular complexity index is 336. The molecule has 7 heteroatoms. The lowest BCUT2D eigenvalue weighted by atomic mass is 9.79. The quantitative estimate of drug-likeness (QED) is 0.617. The number of aliphatic hydroxyl groups is 1. The van der Waals surface area contributed by atoms with Gasteiger partial charge >= 0.3 is 7.60 Å². The molecule has 0 aliphatic carbocycles. The third-order valence-electron chi connectivity index (χ3n) is 3.15. The highest BCUT2D eigenvalue weighted by Gasteiger charge is 2.42. The first-order valence-corrected chi connectivity index (χ1v) is 8.62. The van der Waals surface area contributed by atoms with Gasteiger partial charge in [0.2, 0.25) is 0 Å². The Morgan fingerprint density at radius 2 is 1.95 bits per heavy atom. The summed E-state index contributed by atoms with van der Waals surface area (Å²) < 4.78 is 28.3. The minimum atomic E-state index is -3.27. The molecule has 0 amide bonds. The molecule has 1 fully saturated rings. The minimum Gasteiger partial charge on any atom is -0.390 e. The Balaban J connectivity index is 2.76. The van der Waals surface area contributed by atoms with Gasteiger partial charge in [-0.2, -0.15) is 0 Å². The monoisotopic (exact) mass is 290 g/mol. The van der Waals surface area contributed by atoms with Crippen LogP contribution in [0.2, 0.25) is 0 Å². The van der Waals surface area contributed by atoms with Crippen molar-refractivity contribution in [2.45, 2.75) is 52.0 Å². The van der Waals surface area contributed by atoms with Crippen molar-refractivity contribution in [1.29, 1.82) is 0 Å². The molecule has 5 atom stereocenters. The lowest BCUT2D eigenvalue weighted by molar-refractivity contribution is -0.140. The van der Waals surface area contributed by atoms with Gasteiger partial charge in [-0.05, 0) is 19.8 Å². The second-order valence-corrected chi connectivity index (χ2v) is 7.66. The fourth-order valence-electron chi connectivity index (χ4n) is 2.19. The number of hydrogen-bond acceptors (Lipinski definition) is 5. The van der Waals surface area contributed by atoms with Crippen molar-refractivity contribution < 1.29 is 23.5 Å². The average molecular weight is 290 g/mol. The first kappa shape index (κ1) is 17.2. The van der Waals surface area contributed by atoms with Crippen molar-refractivity contribution in [2.75, 3.05) is 13.3 Å². The molecule has 0 saturated carbocycles. The zero-order chi connectivity index (χ0) is 14.8. The number of aliphatic hydroxyl groups excluding tert-OH is 1. The van der Waals surface area contributed by atoms with Gasteiger partial charge in [0.05, 0.1) is 18.8 Å². The summed E-state index contributed by atoms with van der Waals surface area (Å²) in [6.45, 7) is 9.27. The van der Waals surface area contributed by atoms with Gasteiger partial charge in [-0.15, -0.1) is 0 Å². The Kier molecular flexibility index (Phi) is 6.08. The molecule has 1 saturated heterocycles. The van der Waals surface area contributed by atoms with Crippen molar-refractivity contribution in [1.82, 2.24) is 0 Å². The molecule has 1 rings (SSSR count). The van der Waals surface area contributed by atoms with Crippen LogP contribution in [0.4, 0.5) is 0 Å². The van der Waals surface area contributed by atoms with Gasteiger partial charge in [-0.1, -0.05) is 13.8 Å². The van der Waals surface area contributed by atoms with Gasteiger partial charge in [0.15, 0.2) is 0 Å². The van der Waals surface area contributed by atoms with E-state index in [0.717, 1.165) is 0 Å². The van der Waals surface area contributed by atoms with Crippen LogP contribution in [0.25, 0.3) is 0 Å². The van der Waals surface area contributed by atoms with Gasteiger partial charge < -0.3 is 18.9 Å². The van der Waals surface area contributed by atoms with E-state index in [0.29, 0.717) is 6.61 Å². The maximum atomic E-state index is 12.2. The van der Waals surface area contributed by atoms with Crippen LogP contribution in [0.15, 0.2) is 0 Å². The average Bonchev–Trinajstić information content (AvgIpc) is 2.21. The molecule has 1 aliphatic rings. The second kappa shape index (κ2) is 6.73. The molecule has 0 aromatic rings. The summed E-state index contributed by atoms with van der Waals surface area (Å²) in [6.07, 6.45) is -1.88. The van der Waals surface area contributed by atoms with Gasteiger partial charge in [0.25, 0.3) is 0 Å². The molecule has 0 bridgehead atoms. The first-order valence-electron chi connectivity index (χ1n) is 6.63. The fraction of sp³-hybridized carbons (Fsp3) is 1.00. The topological polar surface area (TPSA) is 65.0 Å².